The lowest BCUT2D eigenvalue weighted by Crippen LogP contribution is -2.31. The molecule has 0 unspecified atom stereocenters. The molecule has 0 aliphatic rings. The minimum atomic E-state index is -0.188. The Hall–Kier alpha value is -3.02. The quantitative estimate of drug-likeness (QED) is 0.515. The molecule has 0 heterocycles. The van der Waals surface area contributed by atoms with Crippen LogP contribution in [0.15, 0.2) is 48.5 Å². The van der Waals surface area contributed by atoms with E-state index in [9.17, 15) is 9.59 Å². The summed E-state index contributed by atoms with van der Waals surface area (Å²) in [5.41, 5.74) is 3.82. The summed E-state index contributed by atoms with van der Waals surface area (Å²) < 4.78 is 0. The second kappa shape index (κ2) is 11.1. The smallest absolute Gasteiger partial charge is 0.319 e. The first-order valence-corrected chi connectivity index (χ1v) is 10.1. The van der Waals surface area contributed by atoms with Gasteiger partial charge in [0.05, 0.1) is 0 Å². The van der Waals surface area contributed by atoms with E-state index in [-0.39, 0.29) is 12.1 Å². The second-order valence-electron chi connectivity index (χ2n) is 8.03. The van der Waals surface area contributed by atoms with Crippen LogP contribution in [0.4, 0.5) is 21.0 Å². The van der Waals surface area contributed by atoms with Crippen LogP contribution in [0.3, 0.4) is 0 Å². The average molecular weight is 397 g/mol. The molecule has 6 heteroatoms. The molecular weight excluding hydrogens is 364 g/mol. The van der Waals surface area contributed by atoms with Crippen LogP contribution in [0, 0.1) is 11.8 Å². The average Bonchev–Trinajstić information content (AvgIpc) is 2.68. The van der Waals surface area contributed by atoms with Gasteiger partial charge in [0.25, 0.3) is 0 Å². The van der Waals surface area contributed by atoms with Crippen molar-refractivity contribution in [2.24, 2.45) is 11.8 Å². The predicted molar refractivity (Wildman–Crippen MR) is 119 cm³/mol. The minimum absolute atomic E-state index is 0.188. The highest BCUT2D eigenvalue weighted by Gasteiger charge is 2.05. The van der Waals surface area contributed by atoms with E-state index >= 15 is 0 Å². The number of urea groups is 2. The number of anilines is 2. The molecule has 4 N–H and O–H groups in total. The van der Waals surface area contributed by atoms with E-state index in [0.717, 1.165) is 28.9 Å². The molecule has 156 valence electrons. The van der Waals surface area contributed by atoms with Crippen molar-refractivity contribution in [3.8, 4) is 0 Å². The Kier molecular flexibility index (Phi) is 8.52. The van der Waals surface area contributed by atoms with Crippen molar-refractivity contribution >= 4 is 23.4 Å². The molecular formula is C23H32N4O2. The molecule has 29 heavy (non-hydrogen) atoms. The molecule has 0 bridgehead atoms. The van der Waals surface area contributed by atoms with Crippen molar-refractivity contribution in [2.75, 3.05) is 23.7 Å². The molecule has 2 aromatic rings. The largest absolute Gasteiger partial charge is 0.338 e. The van der Waals surface area contributed by atoms with Gasteiger partial charge in [0.1, 0.15) is 0 Å². The SMILES string of the molecule is CC(C)CNC(=O)Nc1ccc(Cc2ccc(NC(=O)NCC(C)C)cc2)cc1. The summed E-state index contributed by atoms with van der Waals surface area (Å²) in [4.78, 5) is 23.6. The first-order chi connectivity index (χ1) is 13.8. The molecule has 0 aliphatic heterocycles. The van der Waals surface area contributed by atoms with Crippen LogP contribution in [0.1, 0.15) is 38.8 Å². The highest BCUT2D eigenvalue weighted by Crippen LogP contribution is 2.16. The van der Waals surface area contributed by atoms with Crippen LogP contribution in [0.5, 0.6) is 0 Å². The predicted octanol–water partition coefficient (Wildman–Crippen LogP) is 4.83. The highest BCUT2D eigenvalue weighted by atomic mass is 16.2. The monoisotopic (exact) mass is 396 g/mol. The Bertz CT molecular complexity index is 716. The third-order valence-electron chi connectivity index (χ3n) is 4.17. The standard InChI is InChI=1S/C23H32N4O2/c1-16(2)14-24-22(28)26-20-9-5-18(6-10-20)13-19-7-11-21(12-8-19)27-23(29)25-15-17(3)4/h5-12,16-17H,13-15H2,1-4H3,(H2,24,26,28)(H2,25,27,29). The number of hydrogen-bond donors (Lipinski definition) is 4. The topological polar surface area (TPSA) is 82.3 Å². The van der Waals surface area contributed by atoms with Gasteiger partial charge in [-0.15, -0.1) is 0 Å². The number of benzene rings is 2. The summed E-state index contributed by atoms with van der Waals surface area (Å²) in [5.74, 6) is 0.832. The van der Waals surface area contributed by atoms with E-state index in [1.807, 2.05) is 48.5 Å². The molecule has 0 saturated heterocycles. The second-order valence-corrected chi connectivity index (χ2v) is 8.03. The molecule has 0 fully saturated rings. The summed E-state index contributed by atoms with van der Waals surface area (Å²) in [7, 11) is 0. The van der Waals surface area contributed by atoms with Gasteiger partial charge in [-0.05, 0) is 53.6 Å². The minimum Gasteiger partial charge on any atom is -0.338 e. The zero-order valence-electron chi connectivity index (χ0n) is 17.7. The molecule has 6 nitrogen and oxygen atoms in total. The van der Waals surface area contributed by atoms with Crippen LogP contribution in [-0.2, 0) is 6.42 Å². The maximum atomic E-state index is 11.8. The Morgan fingerprint density at radius 1 is 0.655 bits per heavy atom. The molecule has 4 amide bonds. The van der Waals surface area contributed by atoms with Crippen molar-refractivity contribution < 1.29 is 9.59 Å². The van der Waals surface area contributed by atoms with Crippen molar-refractivity contribution in [3.05, 3.63) is 59.7 Å². The van der Waals surface area contributed by atoms with Crippen LogP contribution >= 0.6 is 0 Å². The number of hydrogen-bond acceptors (Lipinski definition) is 2. The van der Waals surface area contributed by atoms with Gasteiger partial charge in [-0.3, -0.25) is 0 Å². The highest BCUT2D eigenvalue weighted by molar-refractivity contribution is 5.89. The molecule has 2 rings (SSSR count). The molecule has 2 aromatic carbocycles. The van der Waals surface area contributed by atoms with Crippen molar-refractivity contribution in [2.45, 2.75) is 34.1 Å². The lowest BCUT2D eigenvalue weighted by molar-refractivity contribution is 0.250. The van der Waals surface area contributed by atoms with E-state index in [2.05, 4.69) is 49.0 Å². The van der Waals surface area contributed by atoms with Gasteiger partial charge >= 0.3 is 12.1 Å². The molecule has 0 spiro atoms. The maximum absolute atomic E-state index is 11.8. The van der Waals surface area contributed by atoms with Crippen molar-refractivity contribution in [1.82, 2.24) is 10.6 Å². The molecule has 0 aliphatic carbocycles. The lowest BCUT2D eigenvalue weighted by atomic mass is 10.0. The fourth-order valence-electron chi connectivity index (χ4n) is 2.59. The van der Waals surface area contributed by atoms with E-state index in [1.54, 1.807) is 0 Å². The van der Waals surface area contributed by atoms with Gasteiger partial charge in [-0.25, -0.2) is 9.59 Å². The first-order valence-electron chi connectivity index (χ1n) is 10.1. The molecule has 0 atom stereocenters. The number of nitrogens with one attached hydrogen (secondary N) is 4. The van der Waals surface area contributed by atoms with Crippen LogP contribution in [0.25, 0.3) is 0 Å². The maximum Gasteiger partial charge on any atom is 0.319 e. The van der Waals surface area contributed by atoms with Crippen LogP contribution < -0.4 is 21.3 Å². The number of carbonyl (C=O) groups excluding carboxylic acids is 2. The van der Waals surface area contributed by atoms with Crippen molar-refractivity contribution in [1.29, 1.82) is 0 Å². The van der Waals surface area contributed by atoms with Crippen LogP contribution in [-0.4, -0.2) is 25.2 Å². The third kappa shape index (κ3) is 8.68. The van der Waals surface area contributed by atoms with Crippen molar-refractivity contribution in [3.63, 3.8) is 0 Å². The summed E-state index contributed by atoms with van der Waals surface area (Å²) >= 11 is 0. The summed E-state index contributed by atoms with van der Waals surface area (Å²) in [6, 6.07) is 15.2. The molecule has 0 radical (unpaired) electrons. The van der Waals surface area contributed by atoms with E-state index < -0.39 is 0 Å². The van der Waals surface area contributed by atoms with Gasteiger partial charge in [-0.1, -0.05) is 52.0 Å². The van der Waals surface area contributed by atoms with Gasteiger partial charge in [0.15, 0.2) is 0 Å². The number of amides is 4. The number of rotatable bonds is 8. The van der Waals surface area contributed by atoms with Gasteiger partial charge in [0, 0.05) is 24.5 Å². The Morgan fingerprint density at radius 3 is 1.31 bits per heavy atom. The van der Waals surface area contributed by atoms with Gasteiger partial charge < -0.3 is 21.3 Å². The van der Waals surface area contributed by atoms with Gasteiger partial charge in [-0.2, -0.15) is 0 Å². The summed E-state index contributed by atoms with van der Waals surface area (Å²) in [6.45, 7) is 9.51. The number of carbonyl (C=O) groups is 2. The fourth-order valence-corrected chi connectivity index (χ4v) is 2.59. The van der Waals surface area contributed by atoms with E-state index in [0.29, 0.717) is 24.9 Å². The fraction of sp³-hybridized carbons (Fsp3) is 0.391. The normalized spacial score (nSPS) is 10.7. The summed E-state index contributed by atoms with van der Waals surface area (Å²) in [6.07, 6.45) is 0.777. The zero-order valence-corrected chi connectivity index (χ0v) is 17.7. The Labute approximate surface area is 173 Å². The molecule has 0 saturated carbocycles. The molecule has 0 aromatic heterocycles. The summed E-state index contributed by atoms with van der Waals surface area (Å²) in [5, 5.41) is 11.3. The Balaban J connectivity index is 1.83. The zero-order chi connectivity index (χ0) is 21.2. The van der Waals surface area contributed by atoms with E-state index in [4.69, 9.17) is 0 Å². The lowest BCUT2D eigenvalue weighted by Gasteiger charge is -2.11. The first kappa shape index (κ1) is 22.3. The Morgan fingerprint density at radius 2 is 1.00 bits per heavy atom. The van der Waals surface area contributed by atoms with Gasteiger partial charge in [0.2, 0.25) is 0 Å². The third-order valence-corrected chi connectivity index (χ3v) is 4.17. The van der Waals surface area contributed by atoms with Crippen LogP contribution in [0.2, 0.25) is 0 Å². The van der Waals surface area contributed by atoms with E-state index in [1.165, 1.54) is 0 Å².